The molecule has 0 aromatic heterocycles. The fraction of sp³-hybridized carbons (Fsp3) is 0.188. The predicted octanol–water partition coefficient (Wildman–Crippen LogP) is 4.35. The van der Waals surface area contributed by atoms with Crippen LogP contribution in [0.4, 0.5) is 5.69 Å². The van der Waals surface area contributed by atoms with E-state index in [-0.39, 0.29) is 5.91 Å². The second kappa shape index (κ2) is 6.96. The molecule has 2 aromatic carbocycles. The van der Waals surface area contributed by atoms with Gasteiger partial charge in [0, 0.05) is 28.8 Å². The third-order valence-corrected chi connectivity index (χ3v) is 4.47. The molecular formula is C16H16BrClN2O. The summed E-state index contributed by atoms with van der Waals surface area (Å²) in [6.45, 7) is 3.04. The zero-order chi connectivity index (χ0) is 15.4. The van der Waals surface area contributed by atoms with E-state index in [0.29, 0.717) is 33.8 Å². The fourth-order valence-corrected chi connectivity index (χ4v) is 2.52. The number of para-hydroxylation sites is 1. The highest BCUT2D eigenvalue weighted by Crippen LogP contribution is 2.24. The molecule has 0 aliphatic carbocycles. The molecule has 0 radical (unpaired) electrons. The Bertz CT molecular complexity index is 660. The molecule has 0 saturated carbocycles. The number of rotatable bonds is 4. The average molecular weight is 368 g/mol. The van der Waals surface area contributed by atoms with Gasteiger partial charge in [0.25, 0.3) is 5.91 Å². The van der Waals surface area contributed by atoms with Crippen molar-refractivity contribution < 1.29 is 4.79 Å². The standard InChI is InChI=1S/C16H16BrClN2O/c1-2-20(10-12-5-3-4-6-15(12)19)16(21)11-7-8-14(18)13(17)9-11/h3-9H,2,10,19H2,1H3. The summed E-state index contributed by atoms with van der Waals surface area (Å²) in [7, 11) is 0. The number of nitrogens with zero attached hydrogens (tertiary/aromatic N) is 1. The van der Waals surface area contributed by atoms with E-state index in [1.54, 1.807) is 23.1 Å². The van der Waals surface area contributed by atoms with Crippen molar-refractivity contribution in [1.29, 1.82) is 0 Å². The summed E-state index contributed by atoms with van der Waals surface area (Å²) in [6.07, 6.45) is 0. The van der Waals surface area contributed by atoms with E-state index in [9.17, 15) is 4.79 Å². The molecule has 0 aliphatic heterocycles. The SMILES string of the molecule is CCN(Cc1ccccc1N)C(=O)c1ccc(Cl)c(Br)c1. The Morgan fingerprint density at radius 2 is 2.00 bits per heavy atom. The minimum atomic E-state index is -0.0434. The van der Waals surface area contributed by atoms with Gasteiger partial charge in [-0.3, -0.25) is 4.79 Å². The topological polar surface area (TPSA) is 46.3 Å². The molecule has 3 nitrogen and oxygen atoms in total. The van der Waals surface area contributed by atoms with E-state index in [0.717, 1.165) is 5.56 Å². The van der Waals surface area contributed by atoms with Crippen LogP contribution >= 0.6 is 27.5 Å². The number of hydrogen-bond donors (Lipinski definition) is 1. The minimum Gasteiger partial charge on any atom is -0.398 e. The Hall–Kier alpha value is -1.52. The van der Waals surface area contributed by atoms with Crippen molar-refractivity contribution in [2.75, 3.05) is 12.3 Å². The van der Waals surface area contributed by atoms with Gasteiger partial charge in [0.1, 0.15) is 0 Å². The summed E-state index contributed by atoms with van der Waals surface area (Å²) in [5.41, 5.74) is 8.18. The molecule has 0 heterocycles. The van der Waals surface area contributed by atoms with Crippen molar-refractivity contribution in [3.63, 3.8) is 0 Å². The van der Waals surface area contributed by atoms with Crippen molar-refractivity contribution in [2.45, 2.75) is 13.5 Å². The van der Waals surface area contributed by atoms with Crippen molar-refractivity contribution in [3.8, 4) is 0 Å². The summed E-state index contributed by atoms with van der Waals surface area (Å²) in [6, 6.07) is 12.8. The van der Waals surface area contributed by atoms with Crippen LogP contribution in [-0.4, -0.2) is 17.4 Å². The van der Waals surface area contributed by atoms with Crippen LogP contribution in [0.1, 0.15) is 22.8 Å². The number of amides is 1. The molecule has 0 fully saturated rings. The van der Waals surface area contributed by atoms with E-state index in [1.807, 2.05) is 31.2 Å². The van der Waals surface area contributed by atoms with Gasteiger partial charge in [-0.2, -0.15) is 0 Å². The highest BCUT2D eigenvalue weighted by Gasteiger charge is 2.16. The summed E-state index contributed by atoms with van der Waals surface area (Å²) in [5.74, 6) is -0.0434. The largest absolute Gasteiger partial charge is 0.398 e. The first-order valence-corrected chi connectivity index (χ1v) is 7.77. The lowest BCUT2D eigenvalue weighted by Gasteiger charge is -2.22. The third kappa shape index (κ3) is 3.77. The van der Waals surface area contributed by atoms with Crippen LogP contribution in [0.5, 0.6) is 0 Å². The minimum absolute atomic E-state index is 0.0434. The number of nitrogens with two attached hydrogens (primary N) is 1. The lowest BCUT2D eigenvalue weighted by molar-refractivity contribution is 0.0753. The zero-order valence-electron chi connectivity index (χ0n) is 11.6. The molecule has 0 aliphatic rings. The van der Waals surface area contributed by atoms with Crippen LogP contribution in [-0.2, 0) is 6.54 Å². The van der Waals surface area contributed by atoms with Gasteiger partial charge in [-0.1, -0.05) is 29.8 Å². The highest BCUT2D eigenvalue weighted by molar-refractivity contribution is 9.10. The summed E-state index contributed by atoms with van der Waals surface area (Å²) in [5, 5.41) is 0.585. The van der Waals surface area contributed by atoms with Gasteiger partial charge in [0.2, 0.25) is 0 Å². The van der Waals surface area contributed by atoms with E-state index < -0.39 is 0 Å². The van der Waals surface area contributed by atoms with E-state index >= 15 is 0 Å². The Morgan fingerprint density at radius 1 is 1.29 bits per heavy atom. The summed E-state index contributed by atoms with van der Waals surface area (Å²) < 4.78 is 0.713. The normalized spacial score (nSPS) is 10.4. The Labute approximate surface area is 137 Å². The Morgan fingerprint density at radius 3 is 2.62 bits per heavy atom. The molecule has 5 heteroatoms. The highest BCUT2D eigenvalue weighted by atomic mass is 79.9. The smallest absolute Gasteiger partial charge is 0.254 e. The molecule has 0 saturated heterocycles. The second-order valence-corrected chi connectivity index (χ2v) is 5.91. The van der Waals surface area contributed by atoms with Crippen LogP contribution < -0.4 is 5.73 Å². The quantitative estimate of drug-likeness (QED) is 0.817. The number of nitrogen functional groups attached to an aromatic ring is 1. The average Bonchev–Trinajstić information content (AvgIpc) is 2.48. The first-order chi connectivity index (χ1) is 10.0. The number of carbonyl (C=O) groups excluding carboxylic acids is 1. The predicted molar refractivity (Wildman–Crippen MR) is 90.4 cm³/mol. The molecule has 2 N–H and O–H groups in total. The number of hydrogen-bond acceptors (Lipinski definition) is 2. The van der Waals surface area contributed by atoms with Gasteiger partial charge in [-0.25, -0.2) is 0 Å². The molecular weight excluding hydrogens is 352 g/mol. The zero-order valence-corrected chi connectivity index (χ0v) is 14.0. The van der Waals surface area contributed by atoms with E-state index in [2.05, 4.69) is 15.9 Å². The Balaban J connectivity index is 2.22. The lowest BCUT2D eigenvalue weighted by Crippen LogP contribution is -2.30. The van der Waals surface area contributed by atoms with Gasteiger partial charge < -0.3 is 10.6 Å². The molecule has 2 rings (SSSR count). The van der Waals surface area contributed by atoms with Crippen LogP contribution in [0.3, 0.4) is 0 Å². The molecule has 0 bridgehead atoms. The maximum absolute atomic E-state index is 12.6. The van der Waals surface area contributed by atoms with Crippen LogP contribution in [0, 0.1) is 0 Å². The molecule has 0 spiro atoms. The van der Waals surface area contributed by atoms with Gasteiger partial charge >= 0.3 is 0 Å². The molecule has 2 aromatic rings. The van der Waals surface area contributed by atoms with Crippen LogP contribution in [0.15, 0.2) is 46.9 Å². The van der Waals surface area contributed by atoms with E-state index in [4.69, 9.17) is 17.3 Å². The number of benzene rings is 2. The number of halogens is 2. The third-order valence-electron chi connectivity index (χ3n) is 3.25. The van der Waals surface area contributed by atoms with Crippen LogP contribution in [0.25, 0.3) is 0 Å². The van der Waals surface area contributed by atoms with Crippen molar-refractivity contribution in [1.82, 2.24) is 4.90 Å². The van der Waals surface area contributed by atoms with Gasteiger partial charge in [-0.05, 0) is 52.7 Å². The van der Waals surface area contributed by atoms with Crippen molar-refractivity contribution in [2.24, 2.45) is 0 Å². The summed E-state index contributed by atoms with van der Waals surface area (Å²) in [4.78, 5) is 14.3. The molecule has 0 unspecified atom stereocenters. The monoisotopic (exact) mass is 366 g/mol. The maximum Gasteiger partial charge on any atom is 0.254 e. The summed E-state index contributed by atoms with van der Waals surface area (Å²) >= 11 is 9.30. The molecule has 1 amide bonds. The van der Waals surface area contributed by atoms with Crippen molar-refractivity contribution in [3.05, 3.63) is 63.1 Å². The van der Waals surface area contributed by atoms with Gasteiger partial charge in [-0.15, -0.1) is 0 Å². The first-order valence-electron chi connectivity index (χ1n) is 6.60. The maximum atomic E-state index is 12.6. The molecule has 21 heavy (non-hydrogen) atoms. The van der Waals surface area contributed by atoms with Gasteiger partial charge in [0.15, 0.2) is 0 Å². The number of anilines is 1. The van der Waals surface area contributed by atoms with E-state index in [1.165, 1.54) is 0 Å². The van der Waals surface area contributed by atoms with Crippen LogP contribution in [0.2, 0.25) is 5.02 Å². The van der Waals surface area contributed by atoms with Crippen molar-refractivity contribution >= 4 is 39.1 Å². The lowest BCUT2D eigenvalue weighted by atomic mass is 10.1. The second-order valence-electron chi connectivity index (χ2n) is 4.65. The fourth-order valence-electron chi connectivity index (χ4n) is 2.02. The number of carbonyl (C=O) groups is 1. The first kappa shape index (κ1) is 15.9. The molecule has 110 valence electrons. The molecule has 0 atom stereocenters. The Kier molecular flexibility index (Phi) is 5.26. The van der Waals surface area contributed by atoms with Gasteiger partial charge in [0.05, 0.1) is 5.02 Å².